The van der Waals surface area contributed by atoms with Crippen molar-refractivity contribution in [3.63, 3.8) is 0 Å². The van der Waals surface area contributed by atoms with Gasteiger partial charge in [-0.25, -0.2) is 0 Å². The van der Waals surface area contributed by atoms with Crippen LogP contribution in [0, 0.1) is 13.8 Å². The van der Waals surface area contributed by atoms with Crippen LogP contribution < -0.4 is 5.32 Å². The molecule has 3 heteroatoms. The molecular formula is C16H29N3. The predicted molar refractivity (Wildman–Crippen MR) is 81.8 cm³/mol. The summed E-state index contributed by atoms with van der Waals surface area (Å²) in [6, 6.07) is 2.92. The first-order valence-corrected chi connectivity index (χ1v) is 7.50. The van der Waals surface area contributed by atoms with Crippen LogP contribution in [-0.2, 0) is 5.54 Å². The van der Waals surface area contributed by atoms with E-state index < -0.39 is 0 Å². The van der Waals surface area contributed by atoms with Crippen molar-refractivity contribution < 1.29 is 0 Å². The van der Waals surface area contributed by atoms with Gasteiger partial charge in [0.25, 0.3) is 0 Å². The van der Waals surface area contributed by atoms with Gasteiger partial charge in [-0.2, -0.15) is 0 Å². The molecule has 1 aromatic rings. The molecule has 1 aliphatic rings. The van der Waals surface area contributed by atoms with Crippen molar-refractivity contribution in [2.24, 2.45) is 0 Å². The Morgan fingerprint density at radius 2 is 1.74 bits per heavy atom. The molecule has 19 heavy (non-hydrogen) atoms. The zero-order chi connectivity index (χ0) is 14.2. The second-order valence-electron chi connectivity index (χ2n) is 6.54. The maximum atomic E-state index is 3.44. The molecule has 1 N–H and O–H groups in total. The van der Waals surface area contributed by atoms with E-state index in [1.807, 2.05) is 0 Å². The van der Waals surface area contributed by atoms with Crippen LogP contribution in [0.25, 0.3) is 0 Å². The topological polar surface area (TPSA) is 20.2 Å². The lowest BCUT2D eigenvalue weighted by molar-refractivity contribution is 0.102. The summed E-state index contributed by atoms with van der Waals surface area (Å²) in [5.41, 5.74) is 4.42. The van der Waals surface area contributed by atoms with Crippen LogP contribution in [0.1, 0.15) is 50.7 Å². The van der Waals surface area contributed by atoms with Gasteiger partial charge in [-0.3, -0.25) is 4.90 Å². The Labute approximate surface area is 118 Å². The summed E-state index contributed by atoms with van der Waals surface area (Å²) in [5, 5.41) is 3.44. The Bertz CT molecular complexity index is 437. The SMILES string of the molecule is Cc1cc(C(C)(C)N2CCNCC2)c(C)n1C(C)C. The standard InChI is InChI=1S/C16H29N3/c1-12(2)19-13(3)11-15(14(19)4)16(5,6)18-9-7-17-8-10-18/h11-12,17H,7-10H2,1-6H3. The van der Waals surface area contributed by atoms with E-state index >= 15 is 0 Å². The zero-order valence-corrected chi connectivity index (χ0v) is 13.4. The summed E-state index contributed by atoms with van der Waals surface area (Å²) >= 11 is 0. The summed E-state index contributed by atoms with van der Waals surface area (Å²) in [5.74, 6) is 0. The van der Waals surface area contributed by atoms with E-state index in [9.17, 15) is 0 Å². The molecule has 1 aliphatic heterocycles. The molecule has 1 aromatic heterocycles. The summed E-state index contributed by atoms with van der Waals surface area (Å²) < 4.78 is 2.46. The minimum Gasteiger partial charge on any atom is -0.346 e. The summed E-state index contributed by atoms with van der Waals surface area (Å²) in [6.45, 7) is 18.2. The number of aryl methyl sites for hydroxylation is 1. The second kappa shape index (κ2) is 5.29. The Morgan fingerprint density at radius 3 is 2.21 bits per heavy atom. The van der Waals surface area contributed by atoms with Gasteiger partial charge in [0, 0.05) is 49.1 Å². The Balaban J connectivity index is 2.37. The molecule has 0 radical (unpaired) electrons. The van der Waals surface area contributed by atoms with Crippen LogP contribution in [0.15, 0.2) is 6.07 Å². The van der Waals surface area contributed by atoms with Gasteiger partial charge in [-0.05, 0) is 53.2 Å². The zero-order valence-electron chi connectivity index (χ0n) is 13.4. The summed E-state index contributed by atoms with van der Waals surface area (Å²) in [7, 11) is 0. The van der Waals surface area contributed by atoms with Gasteiger partial charge in [0.15, 0.2) is 0 Å². The van der Waals surface area contributed by atoms with Crippen molar-refractivity contribution in [2.45, 2.75) is 53.1 Å². The fourth-order valence-corrected chi connectivity index (χ4v) is 3.59. The Hall–Kier alpha value is -0.800. The highest BCUT2D eigenvalue weighted by Gasteiger charge is 2.32. The Kier molecular flexibility index (Phi) is 4.07. The second-order valence-corrected chi connectivity index (χ2v) is 6.54. The molecule has 0 amide bonds. The number of piperazine rings is 1. The largest absolute Gasteiger partial charge is 0.346 e. The molecule has 0 unspecified atom stereocenters. The molecular weight excluding hydrogens is 234 g/mol. The molecule has 0 aromatic carbocycles. The van der Waals surface area contributed by atoms with Crippen molar-refractivity contribution in [2.75, 3.05) is 26.2 Å². The number of rotatable bonds is 3. The van der Waals surface area contributed by atoms with E-state index in [0.717, 1.165) is 26.2 Å². The average Bonchev–Trinajstić information content (AvgIpc) is 2.66. The summed E-state index contributed by atoms with van der Waals surface area (Å²) in [6.07, 6.45) is 0. The summed E-state index contributed by atoms with van der Waals surface area (Å²) in [4.78, 5) is 2.61. The third-order valence-electron chi connectivity index (χ3n) is 4.57. The van der Waals surface area contributed by atoms with Gasteiger partial charge in [0.2, 0.25) is 0 Å². The number of nitrogens with zero attached hydrogens (tertiary/aromatic N) is 2. The maximum Gasteiger partial charge on any atom is 0.0423 e. The fourth-order valence-electron chi connectivity index (χ4n) is 3.59. The lowest BCUT2D eigenvalue weighted by Gasteiger charge is -2.41. The van der Waals surface area contributed by atoms with E-state index in [-0.39, 0.29) is 5.54 Å². The molecule has 108 valence electrons. The quantitative estimate of drug-likeness (QED) is 0.905. The van der Waals surface area contributed by atoms with Crippen LogP contribution in [0.3, 0.4) is 0 Å². The first-order valence-electron chi connectivity index (χ1n) is 7.50. The molecule has 0 bridgehead atoms. The monoisotopic (exact) mass is 263 g/mol. The number of aromatic nitrogens is 1. The molecule has 2 rings (SSSR count). The highest BCUT2D eigenvalue weighted by atomic mass is 15.2. The van der Waals surface area contributed by atoms with E-state index in [1.54, 1.807) is 0 Å². The molecule has 3 nitrogen and oxygen atoms in total. The number of hydrogen-bond donors (Lipinski definition) is 1. The van der Waals surface area contributed by atoms with E-state index in [1.165, 1.54) is 17.0 Å². The van der Waals surface area contributed by atoms with Gasteiger partial charge < -0.3 is 9.88 Å². The molecule has 1 saturated heterocycles. The van der Waals surface area contributed by atoms with Gasteiger partial charge in [0.1, 0.15) is 0 Å². The van der Waals surface area contributed by atoms with Gasteiger partial charge in [-0.1, -0.05) is 0 Å². The van der Waals surface area contributed by atoms with Gasteiger partial charge in [-0.15, -0.1) is 0 Å². The van der Waals surface area contributed by atoms with Crippen molar-refractivity contribution in [3.05, 3.63) is 23.0 Å². The van der Waals surface area contributed by atoms with Crippen LogP contribution in [0.4, 0.5) is 0 Å². The third kappa shape index (κ3) is 2.59. The lowest BCUT2D eigenvalue weighted by Crippen LogP contribution is -2.51. The van der Waals surface area contributed by atoms with Crippen molar-refractivity contribution in [3.8, 4) is 0 Å². The molecule has 0 aliphatic carbocycles. The van der Waals surface area contributed by atoms with Gasteiger partial charge >= 0.3 is 0 Å². The molecule has 0 spiro atoms. The fraction of sp³-hybridized carbons (Fsp3) is 0.750. The van der Waals surface area contributed by atoms with Crippen LogP contribution >= 0.6 is 0 Å². The van der Waals surface area contributed by atoms with Crippen molar-refractivity contribution >= 4 is 0 Å². The number of hydrogen-bond acceptors (Lipinski definition) is 2. The van der Waals surface area contributed by atoms with Crippen LogP contribution in [0.2, 0.25) is 0 Å². The highest BCUT2D eigenvalue weighted by Crippen LogP contribution is 2.33. The molecule has 2 heterocycles. The molecule has 0 saturated carbocycles. The number of nitrogens with one attached hydrogen (secondary N) is 1. The molecule has 1 fully saturated rings. The average molecular weight is 263 g/mol. The van der Waals surface area contributed by atoms with Crippen molar-refractivity contribution in [1.29, 1.82) is 0 Å². The minimum atomic E-state index is 0.122. The maximum absolute atomic E-state index is 3.44. The lowest BCUT2D eigenvalue weighted by atomic mass is 9.91. The predicted octanol–water partition coefficient (Wildman–Crippen LogP) is 2.83. The van der Waals surface area contributed by atoms with E-state index in [2.05, 4.69) is 62.4 Å². The van der Waals surface area contributed by atoms with E-state index in [4.69, 9.17) is 0 Å². The smallest absolute Gasteiger partial charge is 0.0423 e. The first-order chi connectivity index (χ1) is 8.85. The van der Waals surface area contributed by atoms with Crippen LogP contribution in [-0.4, -0.2) is 35.6 Å². The van der Waals surface area contributed by atoms with E-state index in [0.29, 0.717) is 6.04 Å². The van der Waals surface area contributed by atoms with Gasteiger partial charge in [0.05, 0.1) is 0 Å². The highest BCUT2D eigenvalue weighted by molar-refractivity contribution is 5.33. The molecule has 0 atom stereocenters. The van der Waals surface area contributed by atoms with Crippen LogP contribution in [0.5, 0.6) is 0 Å². The third-order valence-corrected chi connectivity index (χ3v) is 4.57. The first kappa shape index (κ1) is 14.6. The van der Waals surface area contributed by atoms with Crippen molar-refractivity contribution in [1.82, 2.24) is 14.8 Å². The Morgan fingerprint density at radius 1 is 1.16 bits per heavy atom. The minimum absolute atomic E-state index is 0.122. The normalized spacial score (nSPS) is 18.3.